The molecule has 0 radical (unpaired) electrons. The lowest BCUT2D eigenvalue weighted by Gasteiger charge is -2.15. The molecule has 0 aliphatic rings. The molecule has 0 saturated carbocycles. The summed E-state index contributed by atoms with van der Waals surface area (Å²) in [6.07, 6.45) is -0.869. The van der Waals surface area contributed by atoms with Crippen LogP contribution in [0.3, 0.4) is 0 Å². The molecule has 1 heterocycles. The van der Waals surface area contributed by atoms with E-state index in [0.717, 1.165) is 5.56 Å². The quantitative estimate of drug-likeness (QED) is 0.592. The molecule has 0 bridgehead atoms. The molecule has 0 spiro atoms. The second-order valence-electron chi connectivity index (χ2n) is 7.57. The van der Waals surface area contributed by atoms with E-state index >= 15 is 0 Å². The van der Waals surface area contributed by atoms with Crippen LogP contribution in [0.25, 0.3) is 5.69 Å². The number of benzene rings is 2. The molecule has 0 aliphatic heterocycles. The van der Waals surface area contributed by atoms with Crippen LogP contribution in [0.1, 0.15) is 37.4 Å². The summed E-state index contributed by atoms with van der Waals surface area (Å²) >= 11 is 0. The second kappa shape index (κ2) is 9.47. The van der Waals surface area contributed by atoms with Gasteiger partial charge in [0.2, 0.25) is 0 Å². The SMILES string of the molecule is Cc1c(NC(=O)[C@@H](C)OC(=O)C[C@@H](C)c2ccccc2)c(=O)n(-c2ccccc2)n1C. The number of rotatable bonds is 7. The molecule has 0 unspecified atom stereocenters. The summed E-state index contributed by atoms with van der Waals surface area (Å²) in [5.74, 6) is -1.05. The Kier molecular flexibility index (Phi) is 6.74. The van der Waals surface area contributed by atoms with E-state index in [-0.39, 0.29) is 23.6 Å². The first-order valence-corrected chi connectivity index (χ1v) is 10.2. The fourth-order valence-electron chi connectivity index (χ4n) is 3.39. The standard InChI is InChI=1S/C24H27N3O4/c1-16(19-11-7-5-8-12-19)15-21(28)31-18(3)23(29)25-22-17(2)26(4)27(24(22)30)20-13-9-6-10-14-20/h5-14,16,18H,15H2,1-4H3,(H,25,29)/t16-,18-/m1/s1. The van der Waals surface area contributed by atoms with Crippen molar-refractivity contribution in [2.24, 2.45) is 7.05 Å². The summed E-state index contributed by atoms with van der Waals surface area (Å²) < 4.78 is 8.46. The molecule has 0 saturated heterocycles. The summed E-state index contributed by atoms with van der Waals surface area (Å²) in [5.41, 5.74) is 2.12. The number of nitrogens with zero attached hydrogens (tertiary/aromatic N) is 2. The van der Waals surface area contributed by atoms with Crippen LogP contribution in [0.4, 0.5) is 5.69 Å². The maximum absolute atomic E-state index is 12.9. The summed E-state index contributed by atoms with van der Waals surface area (Å²) in [6.45, 7) is 5.17. The third kappa shape index (κ3) is 4.94. The van der Waals surface area contributed by atoms with Gasteiger partial charge in [-0.1, -0.05) is 55.5 Å². The molecular formula is C24H27N3O4. The van der Waals surface area contributed by atoms with Crippen molar-refractivity contribution in [1.82, 2.24) is 9.36 Å². The average molecular weight is 421 g/mol. The molecule has 7 nitrogen and oxygen atoms in total. The van der Waals surface area contributed by atoms with Gasteiger partial charge in [0, 0.05) is 7.05 Å². The first-order valence-electron chi connectivity index (χ1n) is 10.2. The van der Waals surface area contributed by atoms with Crippen molar-refractivity contribution in [2.45, 2.75) is 39.2 Å². The topological polar surface area (TPSA) is 82.3 Å². The van der Waals surface area contributed by atoms with Crippen LogP contribution in [0, 0.1) is 6.92 Å². The van der Waals surface area contributed by atoms with Crippen LogP contribution >= 0.6 is 0 Å². The Hall–Kier alpha value is -3.61. The van der Waals surface area contributed by atoms with Crippen LogP contribution in [0.15, 0.2) is 65.5 Å². The molecule has 2 atom stereocenters. The van der Waals surface area contributed by atoms with Crippen LogP contribution < -0.4 is 10.9 Å². The molecule has 2 aromatic carbocycles. The highest BCUT2D eigenvalue weighted by atomic mass is 16.5. The molecule has 1 amide bonds. The molecule has 31 heavy (non-hydrogen) atoms. The number of ether oxygens (including phenoxy) is 1. The smallest absolute Gasteiger partial charge is 0.307 e. The Morgan fingerprint density at radius 3 is 2.19 bits per heavy atom. The van der Waals surface area contributed by atoms with Crippen molar-refractivity contribution >= 4 is 17.6 Å². The monoisotopic (exact) mass is 421 g/mol. The van der Waals surface area contributed by atoms with Gasteiger partial charge < -0.3 is 10.1 Å². The molecule has 1 aromatic heterocycles. The largest absolute Gasteiger partial charge is 0.453 e. The first kappa shape index (κ1) is 22.1. The van der Waals surface area contributed by atoms with Crippen molar-refractivity contribution in [1.29, 1.82) is 0 Å². The maximum atomic E-state index is 12.9. The van der Waals surface area contributed by atoms with E-state index in [4.69, 9.17) is 4.74 Å². The number of aromatic nitrogens is 2. The number of carbonyl (C=O) groups excluding carboxylic acids is 2. The molecule has 1 N–H and O–H groups in total. The average Bonchev–Trinajstić information content (AvgIpc) is 2.97. The van der Waals surface area contributed by atoms with Gasteiger partial charge in [-0.3, -0.25) is 19.1 Å². The van der Waals surface area contributed by atoms with E-state index in [1.807, 2.05) is 67.6 Å². The summed E-state index contributed by atoms with van der Waals surface area (Å²) in [6, 6.07) is 18.8. The fourth-order valence-corrected chi connectivity index (χ4v) is 3.39. The molecule has 3 aromatic rings. The number of nitrogens with one attached hydrogen (secondary N) is 1. The van der Waals surface area contributed by atoms with E-state index in [0.29, 0.717) is 11.4 Å². The highest BCUT2D eigenvalue weighted by Crippen LogP contribution is 2.20. The Labute approximate surface area is 181 Å². The molecular weight excluding hydrogens is 394 g/mol. The predicted molar refractivity (Wildman–Crippen MR) is 119 cm³/mol. The number of esters is 1. The number of anilines is 1. The maximum Gasteiger partial charge on any atom is 0.307 e. The van der Waals surface area contributed by atoms with Gasteiger partial charge in [-0.25, -0.2) is 4.68 Å². The zero-order valence-electron chi connectivity index (χ0n) is 18.2. The van der Waals surface area contributed by atoms with Gasteiger partial charge in [0.05, 0.1) is 17.8 Å². The van der Waals surface area contributed by atoms with Crippen molar-refractivity contribution in [3.63, 3.8) is 0 Å². The summed E-state index contributed by atoms with van der Waals surface area (Å²) in [5, 5.41) is 2.63. The van der Waals surface area contributed by atoms with Crippen LogP contribution in [0.2, 0.25) is 0 Å². The Morgan fingerprint density at radius 2 is 1.58 bits per heavy atom. The van der Waals surface area contributed by atoms with Crippen molar-refractivity contribution in [2.75, 3.05) is 5.32 Å². The van der Waals surface area contributed by atoms with E-state index in [9.17, 15) is 14.4 Å². The Balaban J connectivity index is 1.67. The second-order valence-corrected chi connectivity index (χ2v) is 7.57. The lowest BCUT2D eigenvalue weighted by atomic mass is 9.98. The van der Waals surface area contributed by atoms with Gasteiger partial charge in [0.15, 0.2) is 6.10 Å². The third-order valence-corrected chi connectivity index (χ3v) is 5.32. The summed E-state index contributed by atoms with van der Waals surface area (Å²) in [7, 11) is 1.74. The molecule has 7 heteroatoms. The van der Waals surface area contributed by atoms with Gasteiger partial charge in [-0.05, 0) is 37.5 Å². The van der Waals surface area contributed by atoms with Gasteiger partial charge in [-0.2, -0.15) is 0 Å². The minimum atomic E-state index is -1.03. The number of hydrogen-bond acceptors (Lipinski definition) is 4. The summed E-state index contributed by atoms with van der Waals surface area (Å²) in [4.78, 5) is 37.8. The fraction of sp³-hybridized carbons (Fsp3) is 0.292. The van der Waals surface area contributed by atoms with Crippen LogP contribution in [-0.2, 0) is 21.4 Å². The molecule has 0 aliphatic carbocycles. The number of para-hydroxylation sites is 1. The zero-order chi connectivity index (χ0) is 22.5. The van der Waals surface area contributed by atoms with Crippen molar-refractivity contribution in [3.05, 3.63) is 82.3 Å². The van der Waals surface area contributed by atoms with Crippen molar-refractivity contribution < 1.29 is 14.3 Å². The molecule has 162 valence electrons. The highest BCUT2D eigenvalue weighted by Gasteiger charge is 2.24. The van der Waals surface area contributed by atoms with Gasteiger partial charge in [0.1, 0.15) is 5.69 Å². The van der Waals surface area contributed by atoms with Crippen molar-refractivity contribution in [3.8, 4) is 5.69 Å². The van der Waals surface area contributed by atoms with E-state index < -0.39 is 18.0 Å². The first-order chi connectivity index (χ1) is 14.8. The minimum Gasteiger partial charge on any atom is -0.453 e. The lowest BCUT2D eigenvalue weighted by Crippen LogP contribution is -2.32. The molecule has 3 rings (SSSR count). The van der Waals surface area contributed by atoms with E-state index in [1.165, 1.54) is 11.6 Å². The molecule has 0 fully saturated rings. The predicted octanol–water partition coefficient (Wildman–Crippen LogP) is 3.55. The third-order valence-electron chi connectivity index (χ3n) is 5.32. The van der Waals surface area contributed by atoms with E-state index in [1.54, 1.807) is 18.7 Å². The number of hydrogen-bond donors (Lipinski definition) is 1. The normalized spacial score (nSPS) is 12.8. The lowest BCUT2D eigenvalue weighted by molar-refractivity contribution is -0.153. The van der Waals surface area contributed by atoms with Crippen LogP contribution in [-0.4, -0.2) is 27.3 Å². The minimum absolute atomic E-state index is 0.0293. The van der Waals surface area contributed by atoms with Gasteiger partial charge >= 0.3 is 5.97 Å². The Bertz CT molecular complexity index is 1120. The van der Waals surface area contributed by atoms with Gasteiger partial charge in [-0.15, -0.1) is 0 Å². The number of carbonyl (C=O) groups is 2. The zero-order valence-corrected chi connectivity index (χ0v) is 18.2. The number of amides is 1. The van der Waals surface area contributed by atoms with Gasteiger partial charge in [0.25, 0.3) is 11.5 Å². The van der Waals surface area contributed by atoms with Crippen LogP contribution in [0.5, 0.6) is 0 Å². The van der Waals surface area contributed by atoms with E-state index in [2.05, 4.69) is 5.32 Å². The Morgan fingerprint density at radius 1 is 1.00 bits per heavy atom. The highest BCUT2D eigenvalue weighted by molar-refractivity contribution is 5.95.